The Labute approximate surface area is 255 Å². The number of furan rings is 1. The summed E-state index contributed by atoms with van der Waals surface area (Å²) in [6.45, 7) is 3.81. The SMILES string of the molecule is [2H]C([2H])([2H])c1cc(C([2H])([2H])[2H])c2c(c1)oc1ccc(-c3nc4ccccc4n3-c3c(C(C)C)cc(-c4ccccc4)cc3C(C)C)cc12. The summed E-state index contributed by atoms with van der Waals surface area (Å²) in [5.74, 6) is 1.12. The van der Waals surface area contributed by atoms with Gasteiger partial charge < -0.3 is 4.42 Å². The molecule has 2 heterocycles. The maximum atomic E-state index is 8.31. The highest BCUT2D eigenvalue weighted by Gasteiger charge is 2.24. The van der Waals surface area contributed by atoms with Gasteiger partial charge in [-0.05, 0) is 107 Å². The van der Waals surface area contributed by atoms with Gasteiger partial charge in [-0.25, -0.2) is 4.98 Å². The van der Waals surface area contributed by atoms with E-state index in [0.29, 0.717) is 16.4 Å². The summed E-state index contributed by atoms with van der Waals surface area (Å²) in [6, 6.07) is 31.5. The summed E-state index contributed by atoms with van der Waals surface area (Å²) in [6.07, 6.45) is 0. The van der Waals surface area contributed by atoms with Crippen molar-refractivity contribution in [3.8, 4) is 28.2 Å². The number of imidazole rings is 1. The van der Waals surface area contributed by atoms with Crippen LogP contribution in [0.4, 0.5) is 0 Å². The molecular weight excluding hydrogens is 512 g/mol. The van der Waals surface area contributed by atoms with Crippen LogP contribution >= 0.6 is 0 Å². The Balaban J connectivity index is 1.54. The molecule has 0 amide bonds. The van der Waals surface area contributed by atoms with Gasteiger partial charge in [0, 0.05) is 24.6 Å². The standard InChI is InChI=1S/C39H36N2O/c1-23(2)30-21-29(27-12-8-7-9-13-27)22-31(24(3)4)38(30)41-34-15-11-10-14-33(34)40-39(41)28-16-17-35-32(20-28)37-26(6)18-25(5)19-36(37)42-35/h7-24H,1-6H3/i5D3,6D3. The van der Waals surface area contributed by atoms with Crippen LogP contribution in [-0.4, -0.2) is 9.55 Å². The fourth-order valence-corrected chi connectivity index (χ4v) is 6.11. The summed E-state index contributed by atoms with van der Waals surface area (Å²) in [5.41, 5.74) is 8.99. The lowest BCUT2D eigenvalue weighted by molar-refractivity contribution is 0.668. The molecular formula is C39H36N2O. The second-order valence-electron chi connectivity index (χ2n) is 11.6. The molecule has 0 aliphatic rings. The van der Waals surface area contributed by atoms with Crippen molar-refractivity contribution in [1.82, 2.24) is 9.55 Å². The minimum Gasteiger partial charge on any atom is -0.456 e. The van der Waals surface area contributed by atoms with Gasteiger partial charge in [0.2, 0.25) is 0 Å². The molecule has 0 unspecified atom stereocenters. The predicted octanol–water partition coefficient (Wildman–Crippen LogP) is 11.1. The predicted molar refractivity (Wildman–Crippen MR) is 177 cm³/mol. The molecule has 0 fully saturated rings. The molecule has 0 saturated carbocycles. The van der Waals surface area contributed by atoms with Crippen molar-refractivity contribution >= 4 is 33.0 Å². The van der Waals surface area contributed by atoms with E-state index in [0.717, 1.165) is 39.2 Å². The Hall–Kier alpha value is -4.63. The maximum absolute atomic E-state index is 8.31. The first-order valence-corrected chi connectivity index (χ1v) is 14.4. The van der Waals surface area contributed by atoms with Crippen LogP contribution in [0.1, 0.15) is 70.0 Å². The van der Waals surface area contributed by atoms with Crippen LogP contribution in [-0.2, 0) is 0 Å². The number of benzene rings is 5. The molecule has 3 heteroatoms. The zero-order valence-electron chi connectivity index (χ0n) is 30.2. The molecule has 0 atom stereocenters. The Kier molecular flexibility index (Phi) is 4.84. The molecule has 208 valence electrons. The van der Waals surface area contributed by atoms with Gasteiger partial charge in [0.05, 0.1) is 16.7 Å². The summed E-state index contributed by atoms with van der Waals surface area (Å²) in [5, 5.41) is 0.984. The number of rotatable bonds is 5. The van der Waals surface area contributed by atoms with Crippen LogP contribution in [0.3, 0.4) is 0 Å². The molecule has 42 heavy (non-hydrogen) atoms. The Morgan fingerprint density at radius 1 is 0.690 bits per heavy atom. The van der Waals surface area contributed by atoms with Crippen molar-refractivity contribution in [2.45, 2.75) is 53.2 Å². The lowest BCUT2D eigenvalue weighted by Crippen LogP contribution is -2.09. The van der Waals surface area contributed by atoms with E-state index in [1.165, 1.54) is 23.3 Å². The van der Waals surface area contributed by atoms with Crippen LogP contribution in [0, 0.1) is 13.7 Å². The van der Waals surface area contributed by atoms with Crippen molar-refractivity contribution < 1.29 is 12.6 Å². The van der Waals surface area contributed by atoms with E-state index in [9.17, 15) is 0 Å². The highest BCUT2D eigenvalue weighted by Crippen LogP contribution is 2.41. The van der Waals surface area contributed by atoms with Crippen LogP contribution in [0.2, 0.25) is 0 Å². The lowest BCUT2D eigenvalue weighted by atomic mass is 9.88. The van der Waals surface area contributed by atoms with Crippen molar-refractivity contribution in [2.75, 3.05) is 0 Å². The number of hydrogen-bond acceptors (Lipinski definition) is 2. The minimum atomic E-state index is -2.56. The van der Waals surface area contributed by atoms with Gasteiger partial charge in [0.15, 0.2) is 0 Å². The molecule has 7 aromatic rings. The van der Waals surface area contributed by atoms with Crippen molar-refractivity contribution in [3.05, 3.63) is 119 Å². The van der Waals surface area contributed by atoms with E-state index < -0.39 is 13.7 Å². The molecule has 2 aromatic heterocycles. The number of hydrogen-bond donors (Lipinski definition) is 0. The summed E-state index contributed by atoms with van der Waals surface area (Å²) in [7, 11) is 0. The zero-order chi connectivity index (χ0) is 34.1. The van der Waals surface area contributed by atoms with Crippen molar-refractivity contribution in [2.24, 2.45) is 0 Å². The number of para-hydroxylation sites is 2. The molecule has 0 aliphatic carbocycles. The maximum Gasteiger partial charge on any atom is 0.145 e. The fraction of sp³-hybridized carbons (Fsp3) is 0.205. The molecule has 0 N–H and O–H groups in total. The van der Waals surface area contributed by atoms with Gasteiger partial charge in [-0.3, -0.25) is 4.57 Å². The van der Waals surface area contributed by atoms with Crippen molar-refractivity contribution in [1.29, 1.82) is 0 Å². The van der Waals surface area contributed by atoms with Gasteiger partial charge >= 0.3 is 0 Å². The van der Waals surface area contributed by atoms with E-state index in [-0.39, 0.29) is 28.5 Å². The van der Waals surface area contributed by atoms with Gasteiger partial charge in [0.25, 0.3) is 0 Å². The van der Waals surface area contributed by atoms with Gasteiger partial charge in [-0.2, -0.15) is 0 Å². The topological polar surface area (TPSA) is 31.0 Å². The number of fused-ring (bicyclic) bond motifs is 4. The fourth-order valence-electron chi connectivity index (χ4n) is 6.11. The first-order valence-electron chi connectivity index (χ1n) is 17.4. The summed E-state index contributed by atoms with van der Waals surface area (Å²) < 4.78 is 57.1. The van der Waals surface area contributed by atoms with E-state index in [1.54, 1.807) is 0 Å². The molecule has 0 aliphatic heterocycles. The number of nitrogens with zero attached hydrogens (tertiary/aromatic N) is 2. The highest BCUT2D eigenvalue weighted by atomic mass is 16.3. The van der Waals surface area contributed by atoms with Crippen LogP contribution in [0.15, 0.2) is 101 Å². The molecule has 0 bridgehead atoms. The van der Waals surface area contributed by atoms with Crippen LogP contribution in [0.5, 0.6) is 0 Å². The van der Waals surface area contributed by atoms with Gasteiger partial charge in [-0.15, -0.1) is 0 Å². The second-order valence-corrected chi connectivity index (χ2v) is 11.6. The average Bonchev–Trinajstić information content (AvgIpc) is 3.61. The summed E-state index contributed by atoms with van der Waals surface area (Å²) in [4.78, 5) is 5.18. The van der Waals surface area contributed by atoms with Crippen LogP contribution in [0.25, 0.3) is 61.2 Å². The first-order chi connectivity index (χ1) is 22.7. The second kappa shape index (κ2) is 10.0. The van der Waals surface area contributed by atoms with Crippen molar-refractivity contribution in [3.63, 3.8) is 0 Å². The number of aryl methyl sites for hydroxylation is 2. The number of aromatic nitrogens is 2. The molecule has 0 saturated heterocycles. The molecule has 7 rings (SSSR count). The van der Waals surface area contributed by atoms with E-state index >= 15 is 0 Å². The zero-order valence-corrected chi connectivity index (χ0v) is 24.2. The van der Waals surface area contributed by atoms with Gasteiger partial charge in [-0.1, -0.05) is 76.2 Å². The molecule has 0 spiro atoms. The first kappa shape index (κ1) is 20.3. The smallest absolute Gasteiger partial charge is 0.145 e. The third-order valence-electron chi connectivity index (χ3n) is 8.13. The normalized spacial score (nSPS) is 14.7. The molecule has 0 radical (unpaired) electrons. The van der Waals surface area contributed by atoms with E-state index in [2.05, 4.69) is 74.7 Å². The minimum absolute atomic E-state index is 0.0452. The Morgan fingerprint density at radius 3 is 2.14 bits per heavy atom. The molecule has 3 nitrogen and oxygen atoms in total. The third kappa shape index (κ3) is 4.23. The molecule has 5 aromatic carbocycles. The lowest BCUT2D eigenvalue weighted by Gasteiger charge is -2.24. The van der Waals surface area contributed by atoms with Crippen LogP contribution < -0.4 is 0 Å². The average molecular weight is 555 g/mol. The Bertz CT molecular complexity index is 2300. The largest absolute Gasteiger partial charge is 0.456 e. The van der Waals surface area contributed by atoms with E-state index in [4.69, 9.17) is 17.6 Å². The quantitative estimate of drug-likeness (QED) is 0.212. The third-order valence-corrected chi connectivity index (χ3v) is 8.13. The highest BCUT2D eigenvalue weighted by molar-refractivity contribution is 6.08. The van der Waals surface area contributed by atoms with Gasteiger partial charge in [0.1, 0.15) is 17.0 Å². The summed E-state index contributed by atoms with van der Waals surface area (Å²) >= 11 is 0. The monoisotopic (exact) mass is 554 g/mol. The van der Waals surface area contributed by atoms with E-state index in [1.807, 2.05) is 42.5 Å². The Morgan fingerprint density at radius 2 is 1.43 bits per heavy atom.